The molecule has 0 saturated heterocycles. The van der Waals surface area contributed by atoms with E-state index in [-0.39, 0.29) is 0 Å². The van der Waals surface area contributed by atoms with Gasteiger partial charge in [-0.15, -0.1) is 0 Å². The maximum absolute atomic E-state index is 5.90. The number of benzene rings is 1. The topological polar surface area (TPSA) is 34.1 Å². The zero-order valence-electron chi connectivity index (χ0n) is 9.78. The molecule has 0 atom stereocenters. The van der Waals surface area contributed by atoms with Crippen molar-refractivity contribution in [3.63, 3.8) is 0 Å². The van der Waals surface area contributed by atoms with Crippen molar-refractivity contribution >= 4 is 29.0 Å². The SMILES string of the molecule is CNc1ccc(COc2ccc(Cl)c(Cl)c2)cn1. The molecule has 1 aromatic carbocycles. The number of halogens is 2. The molecule has 5 heteroatoms. The first-order valence-corrected chi connectivity index (χ1v) is 6.15. The highest BCUT2D eigenvalue weighted by Gasteiger charge is 2.01. The number of aromatic nitrogens is 1. The normalized spacial score (nSPS) is 10.2. The highest BCUT2D eigenvalue weighted by atomic mass is 35.5. The van der Waals surface area contributed by atoms with Crippen LogP contribution < -0.4 is 10.1 Å². The Morgan fingerprint density at radius 2 is 2.00 bits per heavy atom. The van der Waals surface area contributed by atoms with Crippen LogP contribution in [0.5, 0.6) is 5.75 Å². The minimum atomic E-state index is 0.439. The number of ether oxygens (including phenoxy) is 1. The zero-order valence-corrected chi connectivity index (χ0v) is 11.3. The van der Waals surface area contributed by atoms with Crippen LogP contribution in [-0.4, -0.2) is 12.0 Å². The smallest absolute Gasteiger partial charge is 0.125 e. The Hall–Kier alpha value is -1.45. The Kier molecular flexibility index (Phi) is 4.28. The molecule has 0 unspecified atom stereocenters. The molecule has 1 aromatic heterocycles. The van der Waals surface area contributed by atoms with Gasteiger partial charge >= 0.3 is 0 Å². The fourth-order valence-electron chi connectivity index (χ4n) is 1.39. The lowest BCUT2D eigenvalue weighted by atomic mass is 10.3. The summed E-state index contributed by atoms with van der Waals surface area (Å²) in [5.74, 6) is 1.51. The Morgan fingerprint density at radius 3 is 2.61 bits per heavy atom. The molecule has 0 spiro atoms. The second-order valence-corrected chi connectivity index (χ2v) is 4.48. The predicted octanol–water partition coefficient (Wildman–Crippen LogP) is 4.01. The van der Waals surface area contributed by atoms with Crippen LogP contribution in [0.1, 0.15) is 5.56 Å². The number of anilines is 1. The van der Waals surface area contributed by atoms with Gasteiger partial charge in [0.1, 0.15) is 18.2 Å². The van der Waals surface area contributed by atoms with Gasteiger partial charge in [-0.05, 0) is 18.2 Å². The van der Waals surface area contributed by atoms with Gasteiger partial charge < -0.3 is 10.1 Å². The highest BCUT2D eigenvalue weighted by Crippen LogP contribution is 2.26. The van der Waals surface area contributed by atoms with Gasteiger partial charge in [0.25, 0.3) is 0 Å². The molecule has 0 aliphatic carbocycles. The van der Waals surface area contributed by atoms with E-state index in [1.165, 1.54) is 0 Å². The monoisotopic (exact) mass is 282 g/mol. The van der Waals surface area contributed by atoms with E-state index in [9.17, 15) is 0 Å². The van der Waals surface area contributed by atoms with E-state index in [0.29, 0.717) is 22.4 Å². The summed E-state index contributed by atoms with van der Waals surface area (Å²) >= 11 is 11.7. The van der Waals surface area contributed by atoms with Gasteiger partial charge in [0.2, 0.25) is 0 Å². The van der Waals surface area contributed by atoms with Crippen LogP contribution >= 0.6 is 23.2 Å². The van der Waals surface area contributed by atoms with Crippen molar-refractivity contribution in [2.24, 2.45) is 0 Å². The molecular formula is C13H12Cl2N2O. The first kappa shape index (κ1) is 13.0. The minimum Gasteiger partial charge on any atom is -0.489 e. The van der Waals surface area contributed by atoms with E-state index in [1.807, 2.05) is 19.2 Å². The fraction of sp³-hybridized carbons (Fsp3) is 0.154. The molecule has 94 valence electrons. The second-order valence-electron chi connectivity index (χ2n) is 3.67. The quantitative estimate of drug-likeness (QED) is 0.920. The van der Waals surface area contributed by atoms with Gasteiger partial charge in [0.05, 0.1) is 10.0 Å². The molecule has 2 rings (SSSR count). The largest absolute Gasteiger partial charge is 0.489 e. The molecule has 0 amide bonds. The van der Waals surface area contributed by atoms with Crippen LogP contribution in [0.25, 0.3) is 0 Å². The van der Waals surface area contributed by atoms with Crippen LogP contribution in [0, 0.1) is 0 Å². The van der Waals surface area contributed by atoms with E-state index in [0.717, 1.165) is 11.4 Å². The summed E-state index contributed by atoms with van der Waals surface area (Å²) < 4.78 is 5.60. The molecule has 1 heterocycles. The molecular weight excluding hydrogens is 271 g/mol. The maximum Gasteiger partial charge on any atom is 0.125 e. The van der Waals surface area contributed by atoms with E-state index in [4.69, 9.17) is 27.9 Å². The van der Waals surface area contributed by atoms with Gasteiger partial charge in [-0.3, -0.25) is 0 Å². The Balaban J connectivity index is 1.99. The van der Waals surface area contributed by atoms with Crippen molar-refractivity contribution in [3.05, 3.63) is 52.1 Å². The molecule has 18 heavy (non-hydrogen) atoms. The molecule has 2 aromatic rings. The van der Waals surface area contributed by atoms with Crippen molar-refractivity contribution in [2.75, 3.05) is 12.4 Å². The van der Waals surface area contributed by atoms with Crippen molar-refractivity contribution < 1.29 is 4.74 Å². The lowest BCUT2D eigenvalue weighted by molar-refractivity contribution is 0.306. The number of nitrogens with zero attached hydrogens (tertiary/aromatic N) is 1. The summed E-state index contributed by atoms with van der Waals surface area (Å²) in [7, 11) is 1.83. The van der Waals surface area contributed by atoms with Gasteiger partial charge in [-0.2, -0.15) is 0 Å². The molecule has 0 radical (unpaired) electrons. The van der Waals surface area contributed by atoms with Crippen LogP contribution in [0.3, 0.4) is 0 Å². The third-order valence-corrected chi connectivity index (χ3v) is 3.12. The summed E-state index contributed by atoms with van der Waals surface area (Å²) in [6.07, 6.45) is 1.77. The highest BCUT2D eigenvalue weighted by molar-refractivity contribution is 6.42. The third kappa shape index (κ3) is 3.28. The first-order chi connectivity index (χ1) is 8.69. The average Bonchev–Trinajstić information content (AvgIpc) is 2.41. The summed E-state index contributed by atoms with van der Waals surface area (Å²) in [4.78, 5) is 4.20. The van der Waals surface area contributed by atoms with E-state index in [1.54, 1.807) is 24.4 Å². The Morgan fingerprint density at radius 1 is 1.17 bits per heavy atom. The number of rotatable bonds is 4. The first-order valence-electron chi connectivity index (χ1n) is 5.39. The number of nitrogens with one attached hydrogen (secondary N) is 1. The molecule has 0 aliphatic rings. The second kappa shape index (κ2) is 5.94. The van der Waals surface area contributed by atoms with Gasteiger partial charge in [0.15, 0.2) is 0 Å². The standard InChI is InChI=1S/C13H12Cl2N2O/c1-16-13-5-2-9(7-17-13)8-18-10-3-4-11(14)12(15)6-10/h2-7H,8H2,1H3,(H,16,17). The van der Waals surface area contributed by atoms with E-state index < -0.39 is 0 Å². The van der Waals surface area contributed by atoms with Crippen LogP contribution in [0.15, 0.2) is 36.5 Å². The summed E-state index contributed by atoms with van der Waals surface area (Å²) in [6, 6.07) is 9.04. The number of hydrogen-bond donors (Lipinski definition) is 1. The molecule has 1 N–H and O–H groups in total. The van der Waals surface area contributed by atoms with Crippen LogP contribution in [-0.2, 0) is 6.61 Å². The fourth-order valence-corrected chi connectivity index (χ4v) is 1.68. The third-order valence-electron chi connectivity index (χ3n) is 2.38. The summed E-state index contributed by atoms with van der Waals surface area (Å²) in [6.45, 7) is 0.439. The average molecular weight is 283 g/mol. The molecule has 0 bridgehead atoms. The van der Waals surface area contributed by atoms with Gasteiger partial charge in [-0.1, -0.05) is 29.3 Å². The van der Waals surface area contributed by atoms with Crippen LogP contribution in [0.2, 0.25) is 10.0 Å². The van der Waals surface area contributed by atoms with Gasteiger partial charge in [-0.25, -0.2) is 4.98 Å². The number of hydrogen-bond acceptors (Lipinski definition) is 3. The van der Waals surface area contributed by atoms with Crippen molar-refractivity contribution in [3.8, 4) is 5.75 Å². The Bertz CT molecular complexity index is 529. The molecule has 0 saturated carbocycles. The lowest BCUT2D eigenvalue weighted by Gasteiger charge is -2.07. The minimum absolute atomic E-state index is 0.439. The van der Waals surface area contributed by atoms with E-state index in [2.05, 4.69) is 10.3 Å². The molecule has 0 aliphatic heterocycles. The Labute approximate surface area is 116 Å². The lowest BCUT2D eigenvalue weighted by Crippen LogP contribution is -1.98. The predicted molar refractivity (Wildman–Crippen MR) is 74.6 cm³/mol. The zero-order chi connectivity index (χ0) is 13.0. The van der Waals surface area contributed by atoms with Gasteiger partial charge in [0, 0.05) is 24.9 Å². The summed E-state index contributed by atoms with van der Waals surface area (Å²) in [5.41, 5.74) is 0.986. The summed E-state index contributed by atoms with van der Waals surface area (Å²) in [5, 5.41) is 3.96. The van der Waals surface area contributed by atoms with Crippen molar-refractivity contribution in [2.45, 2.75) is 6.61 Å². The van der Waals surface area contributed by atoms with E-state index >= 15 is 0 Å². The van der Waals surface area contributed by atoms with Crippen LogP contribution in [0.4, 0.5) is 5.82 Å². The van der Waals surface area contributed by atoms with Crippen molar-refractivity contribution in [1.82, 2.24) is 4.98 Å². The van der Waals surface area contributed by atoms with Crippen molar-refractivity contribution in [1.29, 1.82) is 0 Å². The molecule has 3 nitrogen and oxygen atoms in total. The maximum atomic E-state index is 5.90. The molecule has 0 fully saturated rings. The number of pyridine rings is 1.